The molecule has 1 fully saturated rings. The second-order valence-electron chi connectivity index (χ2n) is 11.7. The number of hydrogen-bond donors (Lipinski definition) is 0. The SMILES string of the molecule is C=C(C)[C@@H]1CC[C@](C)(C/C=C(\C)C(=O)OCC)[C@H]1CC/C(C)=C/CO[Si](C)(C)C(C)(C)C. The number of carbonyl (C=O) groups excluding carboxylic acids is 1. The van der Waals surface area contributed by atoms with Crippen LogP contribution in [0.3, 0.4) is 0 Å². The minimum absolute atomic E-state index is 0.190. The van der Waals surface area contributed by atoms with Crippen LogP contribution in [0.1, 0.15) is 87.5 Å². The Morgan fingerprint density at radius 2 is 1.81 bits per heavy atom. The number of rotatable bonds is 11. The molecule has 0 aromatic carbocycles. The van der Waals surface area contributed by atoms with Gasteiger partial charge in [0, 0.05) is 5.57 Å². The van der Waals surface area contributed by atoms with Gasteiger partial charge in [-0.3, -0.25) is 0 Å². The molecule has 1 aliphatic carbocycles. The Kier molecular flexibility index (Phi) is 10.7. The molecule has 0 saturated heterocycles. The van der Waals surface area contributed by atoms with Gasteiger partial charge in [-0.1, -0.05) is 57.6 Å². The van der Waals surface area contributed by atoms with Crippen LogP contribution in [0.25, 0.3) is 0 Å². The molecule has 0 amide bonds. The zero-order chi connectivity index (χ0) is 24.7. The summed E-state index contributed by atoms with van der Waals surface area (Å²) in [7, 11) is -1.71. The first-order chi connectivity index (χ1) is 14.6. The zero-order valence-electron chi connectivity index (χ0n) is 22.7. The third-order valence-corrected chi connectivity index (χ3v) is 12.5. The van der Waals surface area contributed by atoms with Crippen LogP contribution in [0.4, 0.5) is 0 Å². The average Bonchev–Trinajstić information content (AvgIpc) is 3.00. The molecule has 0 bridgehead atoms. The highest BCUT2D eigenvalue weighted by molar-refractivity contribution is 6.74. The summed E-state index contributed by atoms with van der Waals surface area (Å²) in [6, 6.07) is 0. The van der Waals surface area contributed by atoms with Gasteiger partial charge in [0.2, 0.25) is 0 Å². The molecule has 0 aromatic heterocycles. The van der Waals surface area contributed by atoms with Gasteiger partial charge in [-0.2, -0.15) is 0 Å². The van der Waals surface area contributed by atoms with Crippen LogP contribution in [0.15, 0.2) is 35.5 Å². The van der Waals surface area contributed by atoms with E-state index < -0.39 is 8.32 Å². The van der Waals surface area contributed by atoms with Crippen molar-refractivity contribution in [3.63, 3.8) is 0 Å². The molecule has 0 spiro atoms. The number of carbonyl (C=O) groups is 1. The van der Waals surface area contributed by atoms with Gasteiger partial charge in [-0.15, -0.1) is 0 Å². The second kappa shape index (κ2) is 11.8. The Labute approximate surface area is 199 Å². The molecule has 1 rings (SSSR count). The lowest BCUT2D eigenvalue weighted by Crippen LogP contribution is -2.40. The van der Waals surface area contributed by atoms with E-state index in [0.717, 1.165) is 31.4 Å². The smallest absolute Gasteiger partial charge is 0.333 e. The van der Waals surface area contributed by atoms with Crippen LogP contribution in [0, 0.1) is 17.3 Å². The number of allylic oxidation sites excluding steroid dienone is 3. The van der Waals surface area contributed by atoms with Gasteiger partial charge in [0.1, 0.15) is 0 Å². The third-order valence-electron chi connectivity index (χ3n) is 8.04. The minimum atomic E-state index is -1.71. The van der Waals surface area contributed by atoms with Crippen molar-refractivity contribution in [1.29, 1.82) is 0 Å². The van der Waals surface area contributed by atoms with E-state index in [1.807, 2.05) is 13.8 Å². The Morgan fingerprint density at radius 3 is 2.34 bits per heavy atom. The van der Waals surface area contributed by atoms with Crippen LogP contribution in [-0.4, -0.2) is 27.5 Å². The predicted octanol–water partition coefficient (Wildman–Crippen LogP) is 8.24. The summed E-state index contributed by atoms with van der Waals surface area (Å²) in [5.41, 5.74) is 3.63. The predicted molar refractivity (Wildman–Crippen MR) is 140 cm³/mol. The summed E-state index contributed by atoms with van der Waals surface area (Å²) in [6.45, 7) is 27.5. The molecule has 32 heavy (non-hydrogen) atoms. The van der Waals surface area contributed by atoms with Gasteiger partial charge in [0.15, 0.2) is 8.32 Å². The van der Waals surface area contributed by atoms with E-state index in [9.17, 15) is 4.79 Å². The van der Waals surface area contributed by atoms with Crippen LogP contribution in [0.2, 0.25) is 18.1 Å². The average molecular weight is 463 g/mol. The van der Waals surface area contributed by atoms with Crippen LogP contribution in [0.5, 0.6) is 0 Å². The highest BCUT2D eigenvalue weighted by Crippen LogP contribution is 2.53. The van der Waals surface area contributed by atoms with Crippen molar-refractivity contribution in [1.82, 2.24) is 0 Å². The van der Waals surface area contributed by atoms with E-state index in [4.69, 9.17) is 9.16 Å². The first kappa shape index (κ1) is 28.9. The first-order valence-corrected chi connectivity index (χ1v) is 15.3. The summed E-state index contributed by atoms with van der Waals surface area (Å²) >= 11 is 0. The number of esters is 1. The number of hydrogen-bond acceptors (Lipinski definition) is 3. The van der Waals surface area contributed by atoms with E-state index in [1.165, 1.54) is 24.0 Å². The largest absolute Gasteiger partial charge is 0.463 e. The van der Waals surface area contributed by atoms with Gasteiger partial charge in [0.05, 0.1) is 13.2 Å². The van der Waals surface area contributed by atoms with Gasteiger partial charge in [0.25, 0.3) is 0 Å². The molecule has 1 aliphatic rings. The zero-order valence-corrected chi connectivity index (χ0v) is 23.7. The van der Waals surface area contributed by atoms with E-state index in [1.54, 1.807) is 0 Å². The molecule has 3 atom stereocenters. The summed E-state index contributed by atoms with van der Waals surface area (Å²) in [5, 5.41) is 0.240. The second-order valence-corrected chi connectivity index (χ2v) is 16.5. The molecule has 184 valence electrons. The molecular formula is C28H50O3Si. The third kappa shape index (κ3) is 8.02. The van der Waals surface area contributed by atoms with Crippen molar-refractivity contribution in [2.24, 2.45) is 17.3 Å². The van der Waals surface area contributed by atoms with E-state index in [0.29, 0.717) is 18.4 Å². The topological polar surface area (TPSA) is 35.5 Å². The lowest BCUT2D eigenvalue weighted by atomic mass is 9.70. The van der Waals surface area contributed by atoms with Gasteiger partial charge in [-0.05, 0) is 95.2 Å². The van der Waals surface area contributed by atoms with Crippen molar-refractivity contribution in [3.05, 3.63) is 35.5 Å². The van der Waals surface area contributed by atoms with Crippen molar-refractivity contribution in [3.8, 4) is 0 Å². The molecule has 3 nitrogen and oxygen atoms in total. The molecule has 0 heterocycles. The fourth-order valence-electron chi connectivity index (χ4n) is 4.56. The Morgan fingerprint density at radius 1 is 1.19 bits per heavy atom. The van der Waals surface area contributed by atoms with Crippen molar-refractivity contribution < 1.29 is 14.0 Å². The van der Waals surface area contributed by atoms with E-state index in [2.05, 4.69) is 73.4 Å². The molecule has 0 N–H and O–H groups in total. The highest BCUT2D eigenvalue weighted by Gasteiger charge is 2.44. The lowest BCUT2D eigenvalue weighted by molar-refractivity contribution is -0.138. The van der Waals surface area contributed by atoms with Crippen molar-refractivity contribution in [2.75, 3.05) is 13.2 Å². The van der Waals surface area contributed by atoms with Crippen LogP contribution in [-0.2, 0) is 14.0 Å². The lowest BCUT2D eigenvalue weighted by Gasteiger charge is -2.36. The maximum Gasteiger partial charge on any atom is 0.333 e. The molecule has 0 radical (unpaired) electrons. The van der Waals surface area contributed by atoms with Crippen LogP contribution >= 0.6 is 0 Å². The van der Waals surface area contributed by atoms with Crippen LogP contribution < -0.4 is 0 Å². The fourth-order valence-corrected chi connectivity index (χ4v) is 5.49. The molecule has 4 heteroatoms. The summed E-state index contributed by atoms with van der Waals surface area (Å²) in [6.07, 6.45) is 9.92. The molecular weight excluding hydrogens is 412 g/mol. The van der Waals surface area contributed by atoms with Gasteiger partial charge >= 0.3 is 5.97 Å². The Hall–Kier alpha value is -1.13. The number of ether oxygens (including phenoxy) is 1. The normalized spacial score (nSPS) is 25.2. The monoisotopic (exact) mass is 462 g/mol. The van der Waals surface area contributed by atoms with Gasteiger partial charge in [-0.25, -0.2) is 4.79 Å². The quantitative estimate of drug-likeness (QED) is 0.134. The standard InChI is InChI=1S/C28H50O3Si/c1-12-30-26(29)23(5)15-18-28(9)19-16-24(21(2)3)25(28)14-13-22(4)17-20-31-32(10,11)27(6,7)8/h15,17,24-25H,2,12-14,16,18-20H2,1,3-11H3/b22-17+,23-15+/t24-,25-,28-/m0/s1. The molecule has 0 aliphatic heterocycles. The maximum absolute atomic E-state index is 12.0. The molecule has 0 aromatic rings. The molecule has 0 unspecified atom stereocenters. The van der Waals surface area contributed by atoms with E-state index in [-0.39, 0.29) is 16.4 Å². The van der Waals surface area contributed by atoms with Gasteiger partial charge < -0.3 is 9.16 Å². The van der Waals surface area contributed by atoms with Crippen molar-refractivity contribution in [2.45, 2.75) is 106 Å². The van der Waals surface area contributed by atoms with E-state index >= 15 is 0 Å². The summed E-state index contributed by atoms with van der Waals surface area (Å²) in [5.74, 6) is 0.950. The Bertz CT molecular complexity index is 711. The minimum Gasteiger partial charge on any atom is -0.463 e. The van der Waals surface area contributed by atoms with Crippen molar-refractivity contribution >= 4 is 14.3 Å². The Balaban J connectivity index is 2.83. The maximum atomic E-state index is 12.0. The fraction of sp³-hybridized carbons (Fsp3) is 0.750. The highest BCUT2D eigenvalue weighted by atomic mass is 28.4. The summed E-state index contributed by atoms with van der Waals surface area (Å²) in [4.78, 5) is 12.0. The first-order valence-electron chi connectivity index (χ1n) is 12.4. The molecule has 1 saturated carbocycles. The summed E-state index contributed by atoms with van der Waals surface area (Å²) < 4.78 is 11.5.